The lowest BCUT2D eigenvalue weighted by atomic mass is 9.88. The smallest absolute Gasteiger partial charge is 0.211 e. The van der Waals surface area contributed by atoms with Crippen molar-refractivity contribution < 1.29 is 34.3 Å². The molecule has 0 aliphatic carbocycles. The average Bonchev–Trinajstić information content (AvgIpc) is 3.06. The molecule has 0 bridgehead atoms. The van der Waals surface area contributed by atoms with E-state index in [0.717, 1.165) is 54.6 Å². The van der Waals surface area contributed by atoms with Gasteiger partial charge in [0.1, 0.15) is 5.75 Å². The zero-order valence-corrected chi connectivity index (χ0v) is 27.0. The van der Waals surface area contributed by atoms with Gasteiger partial charge in [-0.15, -0.1) is 0 Å². The summed E-state index contributed by atoms with van der Waals surface area (Å²) in [6, 6.07) is 19.0. The third-order valence-corrected chi connectivity index (χ3v) is 9.52. The van der Waals surface area contributed by atoms with E-state index < -0.39 is 0 Å². The normalized spacial score (nSPS) is 18.0. The molecule has 9 heteroatoms. The van der Waals surface area contributed by atoms with E-state index in [9.17, 15) is 15.3 Å². The van der Waals surface area contributed by atoms with Gasteiger partial charge in [0.25, 0.3) is 0 Å². The standard InChI is InChI=1S/C37H42N2O7/c1-38-14-12-23-18-34(44-4)31(40)20-27(23)29(38)16-22-6-9-26(10-7-22)46-37-33(43-3)11-8-25(36(37)42)17-30-28-21-32(41)35(45-5)19-24(28)13-15-39(30)2/h6-11,18-21,29-30,40-42H,12-17H2,1-5H3/t29-,30+/m1/s1. The van der Waals surface area contributed by atoms with Crippen LogP contribution in [0.25, 0.3) is 0 Å². The lowest BCUT2D eigenvalue weighted by molar-refractivity contribution is 0.226. The van der Waals surface area contributed by atoms with E-state index >= 15 is 0 Å². The maximum atomic E-state index is 11.5. The van der Waals surface area contributed by atoms with Crippen molar-refractivity contribution in [3.8, 4) is 46.0 Å². The van der Waals surface area contributed by atoms with Crippen molar-refractivity contribution in [2.75, 3.05) is 48.5 Å². The van der Waals surface area contributed by atoms with E-state index in [1.54, 1.807) is 27.4 Å². The Kier molecular flexibility index (Phi) is 8.88. The lowest BCUT2D eigenvalue weighted by Crippen LogP contribution is -2.33. The average molecular weight is 627 g/mol. The molecule has 3 N–H and O–H groups in total. The zero-order chi connectivity index (χ0) is 32.5. The summed E-state index contributed by atoms with van der Waals surface area (Å²) in [5.74, 6) is 2.51. The van der Waals surface area contributed by atoms with E-state index in [1.807, 2.05) is 54.6 Å². The summed E-state index contributed by atoms with van der Waals surface area (Å²) in [6.07, 6.45) is 3.02. The van der Waals surface area contributed by atoms with Gasteiger partial charge in [-0.05, 0) is 116 Å². The number of fused-ring (bicyclic) bond motifs is 2. The van der Waals surface area contributed by atoms with Gasteiger partial charge in [-0.2, -0.15) is 0 Å². The van der Waals surface area contributed by atoms with Crippen LogP contribution in [0, 0.1) is 0 Å². The summed E-state index contributed by atoms with van der Waals surface area (Å²) in [5.41, 5.74) is 6.28. The SMILES string of the molecule is COc1cc2c(cc1O)[C@@H](Cc1ccc(Oc3c(OC)ccc(C[C@H]4c5cc(O)c(OC)cc5CCN4C)c3O)cc1)N(C)CC2. The highest BCUT2D eigenvalue weighted by Gasteiger charge is 2.29. The molecule has 242 valence electrons. The highest BCUT2D eigenvalue weighted by molar-refractivity contribution is 5.57. The van der Waals surface area contributed by atoms with Crippen molar-refractivity contribution in [3.63, 3.8) is 0 Å². The Balaban J connectivity index is 1.22. The molecule has 0 saturated heterocycles. The summed E-state index contributed by atoms with van der Waals surface area (Å²) < 4.78 is 22.5. The molecular formula is C37H42N2O7. The number of hydrogen-bond donors (Lipinski definition) is 3. The van der Waals surface area contributed by atoms with E-state index in [2.05, 4.69) is 23.9 Å². The number of phenols is 3. The first-order chi connectivity index (χ1) is 22.2. The summed E-state index contributed by atoms with van der Waals surface area (Å²) in [5, 5.41) is 32.5. The molecular weight excluding hydrogens is 584 g/mol. The Morgan fingerprint density at radius 1 is 0.652 bits per heavy atom. The van der Waals surface area contributed by atoms with Gasteiger partial charge in [-0.3, -0.25) is 9.80 Å². The number of nitrogens with zero attached hydrogens (tertiary/aromatic N) is 2. The second kappa shape index (κ2) is 13.0. The first kappa shape index (κ1) is 31.4. The van der Waals surface area contributed by atoms with Crippen LogP contribution in [0.15, 0.2) is 60.7 Å². The van der Waals surface area contributed by atoms with Crippen LogP contribution in [0.3, 0.4) is 0 Å². The molecule has 6 rings (SSSR count). The van der Waals surface area contributed by atoms with Crippen LogP contribution in [0.5, 0.6) is 46.0 Å². The summed E-state index contributed by atoms with van der Waals surface area (Å²) in [7, 11) is 8.84. The Hall–Kier alpha value is -4.60. The van der Waals surface area contributed by atoms with Crippen LogP contribution in [0.4, 0.5) is 0 Å². The fourth-order valence-electron chi connectivity index (χ4n) is 6.81. The van der Waals surface area contributed by atoms with Gasteiger partial charge in [0, 0.05) is 25.2 Å². The van der Waals surface area contributed by atoms with Crippen molar-refractivity contribution in [2.24, 2.45) is 0 Å². The Labute approximate surface area is 270 Å². The number of benzene rings is 4. The summed E-state index contributed by atoms with van der Waals surface area (Å²) >= 11 is 0. The first-order valence-corrected chi connectivity index (χ1v) is 15.6. The fraction of sp³-hybridized carbons (Fsp3) is 0.351. The minimum absolute atomic E-state index is 0.0253. The predicted octanol–water partition coefficient (Wildman–Crippen LogP) is 6.16. The van der Waals surface area contributed by atoms with Gasteiger partial charge in [0.2, 0.25) is 5.75 Å². The molecule has 4 aromatic rings. The molecule has 4 aromatic carbocycles. The third kappa shape index (κ3) is 6.00. The van der Waals surface area contributed by atoms with Gasteiger partial charge >= 0.3 is 0 Å². The van der Waals surface area contributed by atoms with Crippen LogP contribution in [0.2, 0.25) is 0 Å². The van der Waals surface area contributed by atoms with Gasteiger partial charge in [0.05, 0.1) is 21.3 Å². The van der Waals surface area contributed by atoms with E-state index in [4.69, 9.17) is 18.9 Å². The number of phenolic OH excluding ortho intramolecular Hbond substituents is 3. The van der Waals surface area contributed by atoms with E-state index in [1.165, 1.54) is 5.56 Å². The second-order valence-electron chi connectivity index (χ2n) is 12.2. The first-order valence-electron chi connectivity index (χ1n) is 15.6. The van der Waals surface area contributed by atoms with E-state index in [-0.39, 0.29) is 35.1 Å². The third-order valence-electron chi connectivity index (χ3n) is 9.52. The number of methoxy groups -OCH3 is 3. The number of aromatic hydroxyl groups is 3. The maximum absolute atomic E-state index is 11.5. The van der Waals surface area contributed by atoms with Gasteiger partial charge < -0.3 is 34.3 Å². The van der Waals surface area contributed by atoms with Crippen molar-refractivity contribution in [1.82, 2.24) is 9.80 Å². The molecule has 2 atom stereocenters. The molecule has 0 saturated carbocycles. The Morgan fingerprint density at radius 2 is 1.17 bits per heavy atom. The number of ether oxygens (including phenoxy) is 4. The topological polar surface area (TPSA) is 104 Å². The fourth-order valence-corrected chi connectivity index (χ4v) is 6.81. The molecule has 0 spiro atoms. The minimum Gasteiger partial charge on any atom is -0.504 e. The zero-order valence-electron chi connectivity index (χ0n) is 27.0. The monoisotopic (exact) mass is 626 g/mol. The number of likely N-dealkylation sites (N-methyl/N-ethyl adjacent to an activating group) is 2. The molecule has 0 radical (unpaired) electrons. The van der Waals surface area contributed by atoms with Gasteiger partial charge in [0.15, 0.2) is 34.5 Å². The molecule has 0 fully saturated rings. The van der Waals surface area contributed by atoms with Gasteiger partial charge in [-0.1, -0.05) is 18.2 Å². The molecule has 0 amide bonds. The van der Waals surface area contributed by atoms with Crippen molar-refractivity contribution in [1.29, 1.82) is 0 Å². The maximum Gasteiger partial charge on any atom is 0.211 e. The van der Waals surface area contributed by atoms with Crippen molar-refractivity contribution >= 4 is 0 Å². The molecule has 2 aliphatic rings. The number of rotatable bonds is 9. The van der Waals surface area contributed by atoms with Crippen LogP contribution in [0.1, 0.15) is 45.5 Å². The van der Waals surface area contributed by atoms with Crippen molar-refractivity contribution in [3.05, 3.63) is 94.0 Å². The van der Waals surface area contributed by atoms with Crippen molar-refractivity contribution in [2.45, 2.75) is 37.8 Å². The van der Waals surface area contributed by atoms with Crippen LogP contribution in [-0.4, -0.2) is 73.6 Å². The largest absolute Gasteiger partial charge is 0.504 e. The molecule has 2 heterocycles. The quantitative estimate of drug-likeness (QED) is 0.201. The van der Waals surface area contributed by atoms with E-state index in [0.29, 0.717) is 35.0 Å². The predicted molar refractivity (Wildman–Crippen MR) is 176 cm³/mol. The second-order valence-corrected chi connectivity index (χ2v) is 12.2. The van der Waals surface area contributed by atoms with Crippen LogP contribution in [-0.2, 0) is 25.7 Å². The minimum atomic E-state index is -0.0574. The Bertz CT molecular complexity index is 1720. The van der Waals surface area contributed by atoms with Gasteiger partial charge in [-0.25, -0.2) is 0 Å². The molecule has 2 aliphatic heterocycles. The van der Waals surface area contributed by atoms with Crippen LogP contribution < -0.4 is 18.9 Å². The highest BCUT2D eigenvalue weighted by Crippen LogP contribution is 2.45. The summed E-state index contributed by atoms with van der Waals surface area (Å²) in [6.45, 7) is 1.76. The molecule has 46 heavy (non-hydrogen) atoms. The number of hydrogen-bond acceptors (Lipinski definition) is 9. The molecule has 0 unspecified atom stereocenters. The Morgan fingerprint density at radius 3 is 1.70 bits per heavy atom. The summed E-state index contributed by atoms with van der Waals surface area (Å²) in [4.78, 5) is 4.55. The molecule has 9 nitrogen and oxygen atoms in total. The highest BCUT2D eigenvalue weighted by atomic mass is 16.5. The van der Waals surface area contributed by atoms with Crippen LogP contribution >= 0.6 is 0 Å². The lowest BCUT2D eigenvalue weighted by Gasteiger charge is -2.35. The molecule has 0 aromatic heterocycles.